The highest BCUT2D eigenvalue weighted by Gasteiger charge is 2.12. The van der Waals surface area contributed by atoms with Crippen molar-refractivity contribution in [1.82, 2.24) is 5.32 Å². The van der Waals surface area contributed by atoms with Crippen LogP contribution in [0.2, 0.25) is 10.0 Å². The van der Waals surface area contributed by atoms with E-state index < -0.39 is 6.16 Å². The van der Waals surface area contributed by atoms with Crippen molar-refractivity contribution in [2.45, 2.75) is 6.42 Å². The van der Waals surface area contributed by atoms with E-state index in [0.717, 1.165) is 16.7 Å². The molecule has 0 radical (unpaired) electrons. The second-order valence-corrected chi connectivity index (χ2v) is 7.40. The van der Waals surface area contributed by atoms with Crippen LogP contribution in [0.5, 0.6) is 11.5 Å². The maximum Gasteiger partial charge on any atom is 0.511 e. The zero-order valence-corrected chi connectivity index (χ0v) is 18.0. The Morgan fingerprint density at radius 3 is 2.26 bits per heavy atom. The Morgan fingerprint density at radius 1 is 0.935 bits per heavy atom. The first-order chi connectivity index (χ1) is 14.9. The Hall–Kier alpha value is -3.22. The molecule has 0 aliphatic rings. The van der Waals surface area contributed by atoms with E-state index in [2.05, 4.69) is 10.1 Å². The normalized spacial score (nSPS) is 10.4. The second kappa shape index (κ2) is 10.2. The van der Waals surface area contributed by atoms with Crippen LogP contribution in [0.1, 0.15) is 15.9 Å². The fourth-order valence-corrected chi connectivity index (χ4v) is 3.39. The fourth-order valence-electron chi connectivity index (χ4n) is 2.99. The van der Waals surface area contributed by atoms with Crippen LogP contribution in [0, 0.1) is 0 Å². The van der Waals surface area contributed by atoms with Gasteiger partial charge in [0.25, 0.3) is 5.91 Å². The summed E-state index contributed by atoms with van der Waals surface area (Å²) in [6.45, 7) is 0.445. The number of rotatable bonds is 7. The number of carboxylic acid groups (broad SMARTS) is 1. The summed E-state index contributed by atoms with van der Waals surface area (Å²) in [5, 5.41) is 12.2. The van der Waals surface area contributed by atoms with E-state index in [1.807, 2.05) is 24.3 Å². The highest BCUT2D eigenvalue weighted by atomic mass is 35.5. The molecule has 0 bridgehead atoms. The number of ether oxygens (including phenoxy) is 2. The van der Waals surface area contributed by atoms with Crippen molar-refractivity contribution in [1.29, 1.82) is 0 Å². The lowest BCUT2D eigenvalue weighted by Crippen LogP contribution is -2.26. The molecule has 3 aromatic carbocycles. The number of hydrogen-bond acceptors (Lipinski definition) is 4. The summed E-state index contributed by atoms with van der Waals surface area (Å²) in [5.41, 5.74) is 3.17. The Bertz CT molecular complexity index is 1100. The minimum absolute atomic E-state index is 0.0848. The molecule has 0 heterocycles. The SMILES string of the molecule is COc1ccc(Cl)cc1C(=O)NCCc1ccc(-c2ccc(OC(=O)O)c(Cl)c2)cc1. The van der Waals surface area contributed by atoms with Crippen LogP contribution in [0.15, 0.2) is 60.7 Å². The lowest BCUT2D eigenvalue weighted by atomic mass is 10.0. The lowest BCUT2D eigenvalue weighted by Gasteiger charge is -2.10. The van der Waals surface area contributed by atoms with Gasteiger partial charge in [0.1, 0.15) is 5.75 Å². The van der Waals surface area contributed by atoms with Gasteiger partial charge in [-0.15, -0.1) is 0 Å². The number of halogens is 2. The van der Waals surface area contributed by atoms with Gasteiger partial charge in [-0.25, -0.2) is 4.79 Å². The molecular formula is C23H19Cl2NO5. The Balaban J connectivity index is 1.60. The molecule has 160 valence electrons. The summed E-state index contributed by atoms with van der Waals surface area (Å²) in [6.07, 6.45) is -0.777. The van der Waals surface area contributed by atoms with Gasteiger partial charge in [0, 0.05) is 11.6 Å². The van der Waals surface area contributed by atoms with Crippen LogP contribution in [0.25, 0.3) is 11.1 Å². The maximum absolute atomic E-state index is 12.4. The first-order valence-corrected chi connectivity index (χ1v) is 10.0. The summed E-state index contributed by atoms with van der Waals surface area (Å²) >= 11 is 12.1. The number of methoxy groups -OCH3 is 1. The minimum Gasteiger partial charge on any atom is -0.496 e. The van der Waals surface area contributed by atoms with Gasteiger partial charge in [-0.1, -0.05) is 53.5 Å². The van der Waals surface area contributed by atoms with Crippen LogP contribution in [0.4, 0.5) is 4.79 Å². The third-order valence-electron chi connectivity index (χ3n) is 4.52. The minimum atomic E-state index is -1.42. The molecule has 0 aromatic heterocycles. The molecule has 31 heavy (non-hydrogen) atoms. The quantitative estimate of drug-likeness (QED) is 0.349. The molecule has 3 aromatic rings. The summed E-state index contributed by atoms with van der Waals surface area (Å²) < 4.78 is 9.82. The highest BCUT2D eigenvalue weighted by Crippen LogP contribution is 2.30. The number of carbonyl (C=O) groups excluding carboxylic acids is 1. The lowest BCUT2D eigenvalue weighted by molar-refractivity contribution is 0.0951. The van der Waals surface area contributed by atoms with Gasteiger partial charge >= 0.3 is 6.16 Å². The van der Waals surface area contributed by atoms with Crippen molar-refractivity contribution >= 4 is 35.3 Å². The van der Waals surface area contributed by atoms with E-state index >= 15 is 0 Å². The largest absolute Gasteiger partial charge is 0.511 e. The zero-order valence-electron chi connectivity index (χ0n) is 16.5. The average molecular weight is 460 g/mol. The summed E-state index contributed by atoms with van der Waals surface area (Å²) in [6, 6.07) is 17.6. The molecule has 3 rings (SSSR count). The van der Waals surface area contributed by atoms with Gasteiger partial charge in [0.15, 0.2) is 5.75 Å². The molecular weight excluding hydrogens is 441 g/mol. The monoisotopic (exact) mass is 459 g/mol. The van der Waals surface area contributed by atoms with Crippen LogP contribution in [-0.4, -0.2) is 30.8 Å². The van der Waals surface area contributed by atoms with E-state index in [1.165, 1.54) is 13.2 Å². The molecule has 0 aliphatic heterocycles. The molecule has 0 atom stereocenters. The van der Waals surface area contributed by atoms with Crippen molar-refractivity contribution in [2.24, 2.45) is 0 Å². The molecule has 2 N–H and O–H groups in total. The fraction of sp³-hybridized carbons (Fsp3) is 0.130. The number of carbonyl (C=O) groups is 2. The van der Waals surface area contributed by atoms with Crippen LogP contribution < -0.4 is 14.8 Å². The standard InChI is InChI=1S/C23H19Cl2NO5/c1-30-20-9-7-17(24)13-18(20)22(27)26-11-10-14-2-4-15(5-3-14)16-6-8-21(19(25)12-16)31-23(28)29/h2-9,12-13H,10-11H2,1H3,(H,26,27)(H,28,29). The molecule has 0 spiro atoms. The van der Waals surface area contributed by atoms with Gasteiger partial charge in [0.05, 0.1) is 17.7 Å². The Labute approximate surface area is 189 Å². The summed E-state index contributed by atoms with van der Waals surface area (Å²) in [7, 11) is 1.50. The molecule has 6 nitrogen and oxygen atoms in total. The van der Waals surface area contributed by atoms with Crippen molar-refractivity contribution in [3.8, 4) is 22.6 Å². The van der Waals surface area contributed by atoms with E-state index in [1.54, 1.807) is 30.3 Å². The van der Waals surface area contributed by atoms with Gasteiger partial charge in [-0.2, -0.15) is 0 Å². The number of benzene rings is 3. The Kier molecular flexibility index (Phi) is 7.39. The summed E-state index contributed by atoms with van der Waals surface area (Å²) in [4.78, 5) is 23.1. The zero-order chi connectivity index (χ0) is 22.4. The number of amides is 1. The van der Waals surface area contributed by atoms with Gasteiger partial charge in [0.2, 0.25) is 0 Å². The second-order valence-electron chi connectivity index (χ2n) is 6.56. The number of hydrogen-bond donors (Lipinski definition) is 2. The van der Waals surface area contributed by atoms with E-state index in [4.69, 9.17) is 33.0 Å². The third-order valence-corrected chi connectivity index (χ3v) is 5.05. The van der Waals surface area contributed by atoms with Crippen LogP contribution in [0.3, 0.4) is 0 Å². The molecule has 1 amide bonds. The van der Waals surface area contributed by atoms with E-state index in [0.29, 0.717) is 29.3 Å². The first-order valence-electron chi connectivity index (χ1n) is 9.28. The van der Waals surface area contributed by atoms with E-state index in [9.17, 15) is 9.59 Å². The molecule has 0 unspecified atom stereocenters. The number of nitrogens with one attached hydrogen (secondary N) is 1. The molecule has 0 fully saturated rings. The van der Waals surface area contributed by atoms with Crippen molar-refractivity contribution < 1.29 is 24.2 Å². The molecule has 0 saturated heterocycles. The van der Waals surface area contributed by atoms with Gasteiger partial charge in [-0.3, -0.25) is 4.79 Å². The van der Waals surface area contributed by atoms with Crippen molar-refractivity contribution in [3.05, 3.63) is 81.8 Å². The Morgan fingerprint density at radius 2 is 1.61 bits per heavy atom. The van der Waals surface area contributed by atoms with Crippen molar-refractivity contribution in [2.75, 3.05) is 13.7 Å². The topological polar surface area (TPSA) is 84.9 Å². The van der Waals surface area contributed by atoms with Crippen LogP contribution in [-0.2, 0) is 6.42 Å². The van der Waals surface area contributed by atoms with Crippen LogP contribution >= 0.6 is 23.2 Å². The molecule has 8 heteroatoms. The molecule has 0 aliphatic carbocycles. The predicted octanol–water partition coefficient (Wildman–Crippen LogP) is 5.70. The van der Waals surface area contributed by atoms with Gasteiger partial charge < -0.3 is 19.9 Å². The summed E-state index contributed by atoms with van der Waals surface area (Å²) in [5.74, 6) is 0.292. The smallest absolute Gasteiger partial charge is 0.496 e. The van der Waals surface area contributed by atoms with E-state index in [-0.39, 0.29) is 16.7 Å². The maximum atomic E-state index is 12.4. The third kappa shape index (κ3) is 5.90. The first kappa shape index (κ1) is 22.5. The van der Waals surface area contributed by atoms with Crippen molar-refractivity contribution in [3.63, 3.8) is 0 Å². The average Bonchev–Trinajstić information content (AvgIpc) is 2.75. The highest BCUT2D eigenvalue weighted by molar-refractivity contribution is 6.32. The molecule has 0 saturated carbocycles. The predicted molar refractivity (Wildman–Crippen MR) is 120 cm³/mol. The van der Waals surface area contributed by atoms with Gasteiger partial charge in [-0.05, 0) is 53.4 Å².